The van der Waals surface area contributed by atoms with E-state index in [1.807, 2.05) is 6.07 Å². The lowest BCUT2D eigenvalue weighted by Gasteiger charge is -2.22. The molecule has 1 atom stereocenters. The van der Waals surface area contributed by atoms with Crippen molar-refractivity contribution in [3.63, 3.8) is 0 Å². The number of aliphatic carboxylic acids is 1. The zero-order chi connectivity index (χ0) is 14.5. The third kappa shape index (κ3) is 5.76. The number of carboxylic acids is 1. The predicted octanol–water partition coefficient (Wildman–Crippen LogP) is 2.03. The van der Waals surface area contributed by atoms with E-state index in [-0.39, 0.29) is 0 Å². The van der Waals surface area contributed by atoms with Gasteiger partial charge in [-0.05, 0) is 32.9 Å². The number of hydrogen-bond donors (Lipinski definition) is 3. The SMILES string of the molecule is CC(C)(C)OC(=O)N[C@H](Nc1ccccc1)C(=O)O. The second kappa shape index (κ2) is 6.08. The van der Waals surface area contributed by atoms with Crippen LogP contribution in [0.3, 0.4) is 0 Å². The largest absolute Gasteiger partial charge is 0.478 e. The van der Waals surface area contributed by atoms with Crippen molar-refractivity contribution in [3.8, 4) is 0 Å². The molecule has 0 spiro atoms. The minimum absolute atomic E-state index is 0.589. The maximum absolute atomic E-state index is 11.5. The molecule has 0 fully saturated rings. The van der Waals surface area contributed by atoms with Crippen LogP contribution in [0.15, 0.2) is 30.3 Å². The summed E-state index contributed by atoms with van der Waals surface area (Å²) in [5, 5.41) is 14.0. The fourth-order valence-electron chi connectivity index (χ4n) is 1.29. The van der Waals surface area contributed by atoms with Gasteiger partial charge in [0, 0.05) is 5.69 Å². The average molecular weight is 266 g/mol. The molecule has 0 unspecified atom stereocenters. The molecular weight excluding hydrogens is 248 g/mol. The summed E-state index contributed by atoms with van der Waals surface area (Å²) in [4.78, 5) is 22.6. The lowest BCUT2D eigenvalue weighted by atomic mass is 10.2. The Balaban J connectivity index is 2.64. The Labute approximate surface area is 111 Å². The molecule has 3 N–H and O–H groups in total. The fraction of sp³-hybridized carbons (Fsp3) is 0.385. The molecule has 6 heteroatoms. The third-order valence-electron chi connectivity index (χ3n) is 1.99. The Kier molecular flexibility index (Phi) is 4.74. The first kappa shape index (κ1) is 14.8. The van der Waals surface area contributed by atoms with Gasteiger partial charge in [0.1, 0.15) is 5.60 Å². The molecule has 0 radical (unpaired) electrons. The van der Waals surface area contributed by atoms with Gasteiger partial charge < -0.3 is 15.2 Å². The topological polar surface area (TPSA) is 87.7 Å². The minimum Gasteiger partial charge on any atom is -0.478 e. The maximum atomic E-state index is 11.5. The first-order chi connectivity index (χ1) is 8.78. The van der Waals surface area contributed by atoms with Gasteiger partial charge in [0.25, 0.3) is 0 Å². The predicted molar refractivity (Wildman–Crippen MR) is 70.9 cm³/mol. The van der Waals surface area contributed by atoms with Crippen molar-refractivity contribution in [2.24, 2.45) is 0 Å². The number of carboxylic acid groups (broad SMARTS) is 1. The molecule has 0 bridgehead atoms. The smallest absolute Gasteiger partial charge is 0.409 e. The van der Waals surface area contributed by atoms with E-state index in [0.717, 1.165) is 0 Å². The molecule has 0 heterocycles. The molecule has 0 saturated heterocycles. The maximum Gasteiger partial charge on any atom is 0.409 e. The van der Waals surface area contributed by atoms with Crippen LogP contribution >= 0.6 is 0 Å². The van der Waals surface area contributed by atoms with Crippen molar-refractivity contribution in [2.45, 2.75) is 32.5 Å². The van der Waals surface area contributed by atoms with Crippen LogP contribution in [0.25, 0.3) is 0 Å². The summed E-state index contributed by atoms with van der Waals surface area (Å²) in [5.74, 6) is -1.20. The molecule has 104 valence electrons. The number of anilines is 1. The van der Waals surface area contributed by atoms with Crippen molar-refractivity contribution in [1.82, 2.24) is 5.32 Å². The van der Waals surface area contributed by atoms with Gasteiger partial charge in [-0.1, -0.05) is 18.2 Å². The molecule has 1 amide bonds. The molecule has 1 rings (SSSR count). The van der Waals surface area contributed by atoms with E-state index in [9.17, 15) is 9.59 Å². The number of benzene rings is 1. The Morgan fingerprint density at radius 3 is 2.26 bits per heavy atom. The lowest BCUT2D eigenvalue weighted by Crippen LogP contribution is -2.48. The highest BCUT2D eigenvalue weighted by molar-refractivity contribution is 5.82. The van der Waals surface area contributed by atoms with E-state index >= 15 is 0 Å². The Morgan fingerprint density at radius 1 is 1.21 bits per heavy atom. The monoisotopic (exact) mass is 266 g/mol. The quantitative estimate of drug-likeness (QED) is 0.726. The van der Waals surface area contributed by atoms with Crippen LogP contribution in [0, 0.1) is 0 Å². The lowest BCUT2D eigenvalue weighted by molar-refractivity contribution is -0.138. The van der Waals surface area contributed by atoms with Gasteiger partial charge in [-0.25, -0.2) is 9.59 Å². The highest BCUT2D eigenvalue weighted by Gasteiger charge is 2.23. The zero-order valence-corrected chi connectivity index (χ0v) is 11.1. The van der Waals surface area contributed by atoms with E-state index in [0.29, 0.717) is 5.69 Å². The van der Waals surface area contributed by atoms with Crippen LogP contribution in [0.4, 0.5) is 10.5 Å². The fourth-order valence-corrected chi connectivity index (χ4v) is 1.29. The number of amides is 1. The molecular formula is C13H18N2O4. The van der Waals surface area contributed by atoms with Crippen molar-refractivity contribution < 1.29 is 19.4 Å². The van der Waals surface area contributed by atoms with E-state index in [1.165, 1.54) is 0 Å². The highest BCUT2D eigenvalue weighted by atomic mass is 16.6. The third-order valence-corrected chi connectivity index (χ3v) is 1.99. The summed E-state index contributed by atoms with van der Waals surface area (Å²) >= 11 is 0. The zero-order valence-electron chi connectivity index (χ0n) is 11.1. The highest BCUT2D eigenvalue weighted by Crippen LogP contribution is 2.09. The Bertz CT molecular complexity index is 440. The summed E-state index contributed by atoms with van der Waals surface area (Å²) < 4.78 is 5.00. The number of alkyl carbamates (subject to hydrolysis) is 1. The standard InChI is InChI=1S/C13H18N2O4/c1-13(2,3)19-12(18)15-10(11(16)17)14-9-7-5-4-6-8-9/h4-8,10,14H,1-3H3,(H,15,18)(H,16,17)/t10-/m0/s1. The number of para-hydroxylation sites is 1. The summed E-state index contributed by atoms with van der Waals surface area (Å²) in [5.41, 5.74) is -0.0918. The van der Waals surface area contributed by atoms with Crippen LogP contribution in [0.2, 0.25) is 0 Å². The van der Waals surface area contributed by atoms with E-state index in [2.05, 4.69) is 10.6 Å². The molecule has 1 aromatic carbocycles. The summed E-state index contributed by atoms with van der Waals surface area (Å²) in [7, 11) is 0. The van der Waals surface area contributed by atoms with Crippen LogP contribution in [-0.2, 0) is 9.53 Å². The number of carbonyl (C=O) groups is 2. The van der Waals surface area contributed by atoms with Crippen molar-refractivity contribution >= 4 is 17.7 Å². The van der Waals surface area contributed by atoms with Gasteiger partial charge in [-0.15, -0.1) is 0 Å². The second-order valence-corrected chi connectivity index (χ2v) is 4.93. The number of ether oxygens (including phenoxy) is 1. The van der Waals surface area contributed by atoms with Gasteiger partial charge in [0.2, 0.25) is 6.17 Å². The molecule has 0 aromatic heterocycles. The molecule has 1 aromatic rings. The normalized spacial score (nSPS) is 12.4. The molecule has 0 aliphatic rings. The van der Waals surface area contributed by atoms with E-state index < -0.39 is 23.8 Å². The van der Waals surface area contributed by atoms with E-state index in [1.54, 1.807) is 45.0 Å². The molecule has 0 saturated carbocycles. The number of hydrogen-bond acceptors (Lipinski definition) is 4. The van der Waals surface area contributed by atoms with Gasteiger partial charge in [0.05, 0.1) is 0 Å². The summed E-state index contributed by atoms with van der Waals surface area (Å²) in [6, 6.07) is 8.73. The number of rotatable bonds is 4. The second-order valence-electron chi connectivity index (χ2n) is 4.93. The van der Waals surface area contributed by atoms with Crippen LogP contribution in [-0.4, -0.2) is 28.9 Å². The van der Waals surface area contributed by atoms with Crippen molar-refractivity contribution in [2.75, 3.05) is 5.32 Å². The molecule has 19 heavy (non-hydrogen) atoms. The van der Waals surface area contributed by atoms with E-state index in [4.69, 9.17) is 9.84 Å². The van der Waals surface area contributed by atoms with Gasteiger partial charge in [0.15, 0.2) is 0 Å². The van der Waals surface area contributed by atoms with Gasteiger partial charge in [-0.3, -0.25) is 5.32 Å². The average Bonchev–Trinajstić information content (AvgIpc) is 2.26. The van der Waals surface area contributed by atoms with Crippen LogP contribution in [0.1, 0.15) is 20.8 Å². The Morgan fingerprint density at radius 2 is 1.79 bits per heavy atom. The van der Waals surface area contributed by atoms with Crippen LogP contribution < -0.4 is 10.6 Å². The number of nitrogens with one attached hydrogen (secondary N) is 2. The Hall–Kier alpha value is -2.24. The molecule has 0 aliphatic heterocycles. The van der Waals surface area contributed by atoms with Gasteiger partial charge in [-0.2, -0.15) is 0 Å². The molecule has 0 aliphatic carbocycles. The van der Waals surface area contributed by atoms with Gasteiger partial charge >= 0.3 is 12.1 Å². The summed E-state index contributed by atoms with van der Waals surface area (Å²) in [6.07, 6.45) is -2.04. The molecule has 6 nitrogen and oxygen atoms in total. The first-order valence-electron chi connectivity index (χ1n) is 5.82. The minimum atomic E-state index is -1.25. The first-order valence-corrected chi connectivity index (χ1v) is 5.82. The van der Waals surface area contributed by atoms with Crippen LogP contribution in [0.5, 0.6) is 0 Å². The number of carbonyl (C=O) groups excluding carboxylic acids is 1. The van der Waals surface area contributed by atoms with Crippen molar-refractivity contribution in [3.05, 3.63) is 30.3 Å². The summed E-state index contributed by atoms with van der Waals surface area (Å²) in [6.45, 7) is 5.10. The van der Waals surface area contributed by atoms with Crippen molar-refractivity contribution in [1.29, 1.82) is 0 Å².